The summed E-state index contributed by atoms with van der Waals surface area (Å²) >= 11 is 13.5. The van der Waals surface area contributed by atoms with Gasteiger partial charge in [-0.3, -0.25) is 19.5 Å². The molecule has 1 aliphatic rings. The number of halogens is 2. The number of nitro benzene ring substituents is 1. The molecule has 5 rings (SSSR count). The van der Waals surface area contributed by atoms with Gasteiger partial charge in [0.1, 0.15) is 16.5 Å². The molecule has 3 heterocycles. The summed E-state index contributed by atoms with van der Waals surface area (Å²) in [6, 6.07) is 12.7. The summed E-state index contributed by atoms with van der Waals surface area (Å²) in [5, 5.41) is 11.2. The zero-order chi connectivity index (χ0) is 30.3. The molecule has 4 aromatic rings. The van der Waals surface area contributed by atoms with Gasteiger partial charge in [0.15, 0.2) is 4.80 Å². The van der Waals surface area contributed by atoms with Crippen molar-refractivity contribution in [2.75, 3.05) is 25.6 Å². The number of carbonyl (C=O) groups excluding carboxylic acids is 1. The third-order valence-corrected chi connectivity index (χ3v) is 8.24. The lowest BCUT2D eigenvalue weighted by Gasteiger charge is -2.25. The van der Waals surface area contributed by atoms with Gasteiger partial charge in [-0.25, -0.2) is 9.79 Å². The summed E-state index contributed by atoms with van der Waals surface area (Å²) in [5.74, 6) is 0.119. The van der Waals surface area contributed by atoms with E-state index in [1.165, 1.54) is 10.6 Å². The highest BCUT2D eigenvalue weighted by Crippen LogP contribution is 2.37. The molecular weight excluding hydrogens is 603 g/mol. The van der Waals surface area contributed by atoms with E-state index < -0.39 is 16.9 Å². The molecule has 2 aromatic carbocycles. The second-order valence-electron chi connectivity index (χ2n) is 9.53. The van der Waals surface area contributed by atoms with Crippen LogP contribution in [0.2, 0.25) is 10.0 Å². The fourth-order valence-electron chi connectivity index (χ4n) is 4.63. The lowest BCUT2D eigenvalue weighted by molar-refractivity contribution is -0.384. The number of furan rings is 1. The van der Waals surface area contributed by atoms with Crippen molar-refractivity contribution in [1.82, 2.24) is 4.57 Å². The number of hydrogen-bond donors (Lipinski definition) is 0. The fourth-order valence-corrected chi connectivity index (χ4v) is 6.14. The number of carbonyl (C=O) groups is 1. The Bertz CT molecular complexity index is 1940. The zero-order valence-corrected chi connectivity index (χ0v) is 25.2. The first-order valence-electron chi connectivity index (χ1n) is 12.7. The van der Waals surface area contributed by atoms with Crippen molar-refractivity contribution in [1.29, 1.82) is 0 Å². The average Bonchev–Trinajstić information content (AvgIpc) is 3.53. The highest BCUT2D eigenvalue weighted by Gasteiger charge is 2.33. The highest BCUT2D eigenvalue weighted by molar-refractivity contribution is 7.07. The van der Waals surface area contributed by atoms with Crippen molar-refractivity contribution in [3.05, 3.63) is 111 Å². The van der Waals surface area contributed by atoms with Crippen LogP contribution in [0.1, 0.15) is 31.2 Å². The summed E-state index contributed by atoms with van der Waals surface area (Å²) in [7, 11) is 3.85. The number of esters is 1. The molecule has 0 amide bonds. The van der Waals surface area contributed by atoms with Gasteiger partial charge in [-0.05, 0) is 49.7 Å². The Morgan fingerprint density at radius 3 is 2.55 bits per heavy atom. The van der Waals surface area contributed by atoms with Gasteiger partial charge in [-0.1, -0.05) is 46.7 Å². The smallest absolute Gasteiger partial charge is 0.338 e. The van der Waals surface area contributed by atoms with Crippen molar-refractivity contribution in [2.24, 2.45) is 4.99 Å². The quantitative estimate of drug-likeness (QED) is 0.154. The monoisotopic (exact) mass is 626 g/mol. The number of benzene rings is 2. The van der Waals surface area contributed by atoms with Gasteiger partial charge >= 0.3 is 5.97 Å². The second kappa shape index (κ2) is 11.6. The molecule has 0 saturated carbocycles. The van der Waals surface area contributed by atoms with E-state index in [4.69, 9.17) is 32.4 Å². The largest absolute Gasteiger partial charge is 0.463 e. The molecule has 0 spiro atoms. The van der Waals surface area contributed by atoms with Crippen molar-refractivity contribution in [2.45, 2.75) is 19.9 Å². The fraction of sp³-hybridized carbons (Fsp3) is 0.207. The molecule has 0 saturated heterocycles. The summed E-state index contributed by atoms with van der Waals surface area (Å²) in [4.78, 5) is 44.5. The minimum atomic E-state index is -0.744. The zero-order valence-electron chi connectivity index (χ0n) is 22.9. The molecule has 0 bridgehead atoms. The van der Waals surface area contributed by atoms with Crippen molar-refractivity contribution in [3.63, 3.8) is 0 Å². The highest BCUT2D eigenvalue weighted by atomic mass is 35.5. The molecule has 1 atom stereocenters. The summed E-state index contributed by atoms with van der Waals surface area (Å²) < 4.78 is 13.1. The standard InChI is InChI=1S/C29H24Cl2N4O6S/c1-5-40-28(37)25-15(2)32-29-34(26(25)16-6-8-17(9-7-16)33(3)4)27(36)24(42-29)12-18-10-11-23(41-18)19-13-21(31)22(35(38)39)14-20(19)30/h6-14,26H,5H2,1-4H3/b24-12+. The van der Waals surface area contributed by atoms with E-state index in [-0.39, 0.29) is 27.9 Å². The summed E-state index contributed by atoms with van der Waals surface area (Å²) in [6.07, 6.45) is 1.57. The van der Waals surface area contributed by atoms with Gasteiger partial charge < -0.3 is 14.1 Å². The van der Waals surface area contributed by atoms with E-state index >= 15 is 0 Å². The number of ether oxygens (including phenoxy) is 1. The van der Waals surface area contributed by atoms with Crippen LogP contribution in [0.15, 0.2) is 74.0 Å². The van der Waals surface area contributed by atoms with Crippen LogP contribution in [0.5, 0.6) is 0 Å². The molecular formula is C29H24Cl2N4O6S. The Labute approximate surface area is 253 Å². The SMILES string of the molecule is CCOC(=O)C1=C(C)N=c2s/c(=C/c3ccc(-c4cc(Cl)c([N+](=O)[O-])cc4Cl)o3)c(=O)n2C1c1ccc(N(C)C)cc1. The Morgan fingerprint density at radius 2 is 1.90 bits per heavy atom. The first-order chi connectivity index (χ1) is 20.0. The van der Waals surface area contributed by atoms with Gasteiger partial charge in [-0.2, -0.15) is 0 Å². The van der Waals surface area contributed by atoms with Crippen molar-refractivity contribution >= 4 is 58.0 Å². The van der Waals surface area contributed by atoms with Gasteiger partial charge in [0.25, 0.3) is 11.2 Å². The average molecular weight is 628 g/mol. The number of thiazole rings is 1. The first-order valence-corrected chi connectivity index (χ1v) is 14.3. The van der Waals surface area contributed by atoms with Gasteiger partial charge in [-0.15, -0.1) is 0 Å². The topological polar surface area (TPSA) is 120 Å². The van der Waals surface area contributed by atoms with Crippen LogP contribution in [-0.2, 0) is 9.53 Å². The molecule has 42 heavy (non-hydrogen) atoms. The first kappa shape index (κ1) is 29.3. The lowest BCUT2D eigenvalue weighted by atomic mass is 9.95. The van der Waals surface area contributed by atoms with Gasteiger partial charge in [0.2, 0.25) is 0 Å². The molecule has 0 N–H and O–H groups in total. The molecule has 13 heteroatoms. The van der Waals surface area contributed by atoms with E-state index in [0.29, 0.717) is 37.7 Å². The molecule has 0 radical (unpaired) electrons. The molecule has 216 valence electrons. The van der Waals surface area contributed by atoms with Crippen LogP contribution in [-0.4, -0.2) is 36.2 Å². The molecule has 0 fully saturated rings. The number of allylic oxidation sites excluding steroid dienone is 1. The van der Waals surface area contributed by atoms with Gasteiger partial charge in [0.05, 0.1) is 38.4 Å². The number of anilines is 1. The maximum absolute atomic E-state index is 13.8. The van der Waals surface area contributed by atoms with E-state index in [9.17, 15) is 19.7 Å². The normalized spacial score (nSPS) is 14.9. The van der Waals surface area contributed by atoms with Crippen LogP contribution in [0.4, 0.5) is 11.4 Å². The number of aromatic nitrogens is 1. The number of fused-ring (bicyclic) bond motifs is 1. The van der Waals surface area contributed by atoms with E-state index in [0.717, 1.165) is 28.7 Å². The summed E-state index contributed by atoms with van der Waals surface area (Å²) in [5.41, 5.74) is 2.14. The summed E-state index contributed by atoms with van der Waals surface area (Å²) in [6.45, 7) is 3.62. The second-order valence-corrected chi connectivity index (χ2v) is 11.4. The van der Waals surface area contributed by atoms with Crippen LogP contribution >= 0.6 is 34.5 Å². The van der Waals surface area contributed by atoms with Gasteiger partial charge in [0, 0.05) is 37.5 Å². The predicted molar refractivity (Wildman–Crippen MR) is 162 cm³/mol. The molecule has 10 nitrogen and oxygen atoms in total. The minimum Gasteiger partial charge on any atom is -0.463 e. The Morgan fingerprint density at radius 1 is 1.19 bits per heavy atom. The van der Waals surface area contributed by atoms with Crippen LogP contribution < -0.4 is 19.8 Å². The molecule has 1 aliphatic heterocycles. The van der Waals surface area contributed by atoms with Crippen molar-refractivity contribution < 1.29 is 18.9 Å². The van der Waals surface area contributed by atoms with E-state index in [1.807, 2.05) is 43.3 Å². The lowest BCUT2D eigenvalue weighted by Crippen LogP contribution is -2.39. The predicted octanol–water partition coefficient (Wildman–Crippen LogP) is 5.34. The Hall–Kier alpha value is -4.19. The molecule has 0 aliphatic carbocycles. The third-order valence-electron chi connectivity index (χ3n) is 6.64. The Kier molecular flexibility index (Phi) is 8.09. The maximum Gasteiger partial charge on any atom is 0.338 e. The molecule has 1 unspecified atom stereocenters. The minimum absolute atomic E-state index is 0.0861. The number of nitrogens with zero attached hydrogens (tertiary/aromatic N) is 4. The maximum atomic E-state index is 13.8. The van der Waals surface area contributed by atoms with E-state index in [2.05, 4.69) is 4.99 Å². The van der Waals surface area contributed by atoms with Crippen molar-refractivity contribution in [3.8, 4) is 11.3 Å². The van der Waals surface area contributed by atoms with Crippen LogP contribution in [0.25, 0.3) is 17.4 Å². The van der Waals surface area contributed by atoms with Crippen LogP contribution in [0, 0.1) is 10.1 Å². The molecule has 2 aromatic heterocycles. The third kappa shape index (κ3) is 5.38. The number of rotatable bonds is 7. The number of nitro groups is 1. The van der Waals surface area contributed by atoms with E-state index in [1.54, 1.807) is 32.1 Å². The number of hydrogen-bond acceptors (Lipinski definition) is 9. The van der Waals surface area contributed by atoms with Crippen LogP contribution in [0.3, 0.4) is 0 Å². The Balaban J connectivity index is 1.61.